The van der Waals surface area contributed by atoms with Crippen LogP contribution in [0.1, 0.15) is 65.8 Å². The monoisotopic (exact) mass is 377 g/mol. The predicted molar refractivity (Wildman–Crippen MR) is 104 cm³/mol. The Morgan fingerprint density at radius 3 is 2.38 bits per heavy atom. The van der Waals surface area contributed by atoms with E-state index in [0.29, 0.717) is 10.6 Å². The van der Waals surface area contributed by atoms with E-state index in [-0.39, 0.29) is 17.2 Å². The van der Waals surface area contributed by atoms with Crippen LogP contribution in [0.2, 0.25) is 0 Å². The van der Waals surface area contributed by atoms with Gasteiger partial charge < -0.3 is 10.1 Å². The van der Waals surface area contributed by atoms with Crippen molar-refractivity contribution in [2.45, 2.75) is 52.9 Å². The summed E-state index contributed by atoms with van der Waals surface area (Å²) in [7, 11) is 3.20. The largest absolute Gasteiger partial charge is 0.465 e. The van der Waals surface area contributed by atoms with Gasteiger partial charge >= 0.3 is 5.97 Å². The minimum absolute atomic E-state index is 0.126. The van der Waals surface area contributed by atoms with Crippen LogP contribution in [0.4, 0.5) is 5.00 Å². The lowest BCUT2D eigenvalue weighted by molar-refractivity contribution is -0.117. The second-order valence-electron chi connectivity index (χ2n) is 7.51. The van der Waals surface area contributed by atoms with E-state index in [9.17, 15) is 9.59 Å². The van der Waals surface area contributed by atoms with Crippen molar-refractivity contribution in [3.8, 4) is 0 Å². The lowest BCUT2D eigenvalue weighted by Crippen LogP contribution is -2.20. The first-order valence-electron chi connectivity index (χ1n) is 8.51. The van der Waals surface area contributed by atoms with E-state index in [1.165, 1.54) is 18.4 Å². The third-order valence-electron chi connectivity index (χ3n) is 4.50. The molecular weight excluding hydrogens is 350 g/mol. The van der Waals surface area contributed by atoms with Gasteiger partial charge in [-0.25, -0.2) is 4.79 Å². The highest BCUT2D eigenvalue weighted by atomic mass is 32.1. The van der Waals surface area contributed by atoms with Gasteiger partial charge in [-0.15, -0.1) is 11.3 Å². The molecule has 0 fully saturated rings. The Hall–Kier alpha value is -2.15. The molecule has 0 aliphatic heterocycles. The van der Waals surface area contributed by atoms with Gasteiger partial charge in [0.2, 0.25) is 5.91 Å². The number of thiophene rings is 1. The lowest BCUT2D eigenvalue weighted by Gasteiger charge is -2.15. The number of carbonyl (C=O) groups is 2. The molecule has 2 rings (SSSR count). The zero-order valence-corrected chi connectivity index (χ0v) is 17.5. The molecule has 1 unspecified atom stereocenters. The first-order valence-corrected chi connectivity index (χ1v) is 9.32. The van der Waals surface area contributed by atoms with Crippen molar-refractivity contribution in [1.29, 1.82) is 0 Å². The molecular formula is C19H27N3O3S. The fraction of sp³-hybridized carbons (Fsp3) is 0.526. The highest BCUT2D eigenvalue weighted by Crippen LogP contribution is 2.37. The van der Waals surface area contributed by atoms with Crippen LogP contribution in [0, 0.1) is 13.8 Å². The average molecular weight is 378 g/mol. The zero-order chi connectivity index (χ0) is 19.8. The van der Waals surface area contributed by atoms with Gasteiger partial charge in [-0.1, -0.05) is 20.8 Å². The van der Waals surface area contributed by atoms with Crippen molar-refractivity contribution in [2.75, 3.05) is 12.4 Å². The number of methoxy groups -OCH3 is 1. The number of amides is 1. The summed E-state index contributed by atoms with van der Waals surface area (Å²) < 4.78 is 6.65. The fourth-order valence-corrected chi connectivity index (χ4v) is 3.99. The molecule has 2 aromatic heterocycles. The van der Waals surface area contributed by atoms with E-state index in [1.807, 2.05) is 27.8 Å². The van der Waals surface area contributed by atoms with Crippen LogP contribution in [0.5, 0.6) is 0 Å². The van der Waals surface area contributed by atoms with Gasteiger partial charge in [0, 0.05) is 23.2 Å². The van der Waals surface area contributed by atoms with Crippen LogP contribution in [-0.4, -0.2) is 28.8 Å². The summed E-state index contributed by atoms with van der Waals surface area (Å²) in [4.78, 5) is 26.0. The number of esters is 1. The second-order valence-corrected chi connectivity index (χ2v) is 8.57. The Labute approximate surface area is 158 Å². The third-order valence-corrected chi connectivity index (χ3v) is 5.98. The summed E-state index contributed by atoms with van der Waals surface area (Å²) in [6.45, 7) is 11.9. The first kappa shape index (κ1) is 20.2. The number of rotatable bonds is 4. The molecule has 0 bridgehead atoms. The third kappa shape index (κ3) is 3.82. The molecule has 0 aliphatic rings. The van der Waals surface area contributed by atoms with Crippen LogP contribution in [0.25, 0.3) is 0 Å². The van der Waals surface area contributed by atoms with E-state index in [4.69, 9.17) is 4.74 Å². The number of aromatic nitrogens is 2. The van der Waals surface area contributed by atoms with Gasteiger partial charge in [0.1, 0.15) is 5.00 Å². The molecule has 0 spiro atoms. The van der Waals surface area contributed by atoms with Crippen LogP contribution in [0.15, 0.2) is 6.07 Å². The van der Waals surface area contributed by atoms with Gasteiger partial charge in [0.05, 0.1) is 24.3 Å². The lowest BCUT2D eigenvalue weighted by atomic mass is 9.94. The van der Waals surface area contributed by atoms with E-state index in [2.05, 4.69) is 31.2 Å². The maximum absolute atomic E-state index is 12.9. The van der Waals surface area contributed by atoms with E-state index in [0.717, 1.165) is 21.8 Å². The number of nitrogens with one attached hydrogen (secondary N) is 1. The zero-order valence-electron chi connectivity index (χ0n) is 16.7. The number of ether oxygens (including phenoxy) is 1. The number of aryl methyl sites for hydroxylation is 2. The Morgan fingerprint density at radius 2 is 1.92 bits per heavy atom. The van der Waals surface area contributed by atoms with Gasteiger partial charge in [0.25, 0.3) is 0 Å². The van der Waals surface area contributed by atoms with Crippen LogP contribution >= 0.6 is 11.3 Å². The van der Waals surface area contributed by atoms with Crippen molar-refractivity contribution >= 4 is 28.2 Å². The Balaban J connectivity index is 2.36. The number of hydrogen-bond acceptors (Lipinski definition) is 5. The summed E-state index contributed by atoms with van der Waals surface area (Å²) >= 11 is 1.41. The molecule has 2 aromatic rings. The van der Waals surface area contributed by atoms with Crippen LogP contribution in [-0.2, 0) is 22.0 Å². The smallest absolute Gasteiger partial charge is 0.340 e. The normalized spacial score (nSPS) is 12.8. The molecule has 0 saturated carbocycles. The number of hydrogen-bond donors (Lipinski definition) is 1. The van der Waals surface area contributed by atoms with Crippen LogP contribution in [0.3, 0.4) is 0 Å². The first-order chi connectivity index (χ1) is 12.0. The van der Waals surface area contributed by atoms with E-state index >= 15 is 0 Å². The SMILES string of the molecule is COC(=O)c1cc(C(C)(C)C)sc1NC(=O)C(C)c1c(C)nn(C)c1C. The maximum Gasteiger partial charge on any atom is 0.340 e. The average Bonchev–Trinajstić information content (AvgIpc) is 3.07. The van der Waals surface area contributed by atoms with Crippen molar-refractivity contribution < 1.29 is 14.3 Å². The molecule has 7 heteroatoms. The van der Waals surface area contributed by atoms with E-state index in [1.54, 1.807) is 10.7 Å². The number of anilines is 1. The van der Waals surface area contributed by atoms with Gasteiger partial charge in [-0.3, -0.25) is 9.48 Å². The molecule has 0 aromatic carbocycles. The molecule has 1 atom stereocenters. The highest BCUT2D eigenvalue weighted by molar-refractivity contribution is 7.16. The minimum atomic E-state index is -0.451. The molecule has 26 heavy (non-hydrogen) atoms. The summed E-state index contributed by atoms with van der Waals surface area (Å²) in [5.74, 6) is -1.00. The summed E-state index contributed by atoms with van der Waals surface area (Å²) in [5.41, 5.74) is 2.97. The Morgan fingerprint density at radius 1 is 1.31 bits per heavy atom. The number of carbonyl (C=O) groups excluding carboxylic acids is 2. The highest BCUT2D eigenvalue weighted by Gasteiger charge is 2.27. The molecule has 1 N–H and O–H groups in total. The molecule has 1 amide bonds. The standard InChI is InChI=1S/C19H27N3O3S/c1-10(15-11(2)21-22(7)12(15)3)16(23)20-17-13(18(24)25-8)9-14(26-17)19(4,5)6/h9-10H,1-8H3,(H,20,23). The van der Waals surface area contributed by atoms with Crippen molar-refractivity contribution in [3.05, 3.63) is 33.5 Å². The number of nitrogens with zero attached hydrogens (tertiary/aromatic N) is 2. The van der Waals surface area contributed by atoms with Crippen molar-refractivity contribution in [3.63, 3.8) is 0 Å². The quantitative estimate of drug-likeness (QED) is 0.820. The van der Waals surface area contributed by atoms with Crippen LogP contribution < -0.4 is 5.32 Å². The molecule has 2 heterocycles. The minimum Gasteiger partial charge on any atom is -0.465 e. The predicted octanol–water partition coefficient (Wildman–Crippen LogP) is 3.92. The Bertz CT molecular complexity index is 843. The summed E-state index contributed by atoms with van der Waals surface area (Å²) in [6, 6.07) is 1.80. The molecule has 6 nitrogen and oxygen atoms in total. The molecule has 0 saturated heterocycles. The van der Waals surface area contributed by atoms with Gasteiger partial charge in [-0.05, 0) is 32.3 Å². The topological polar surface area (TPSA) is 73.2 Å². The molecule has 142 valence electrons. The van der Waals surface area contributed by atoms with Gasteiger partial charge in [-0.2, -0.15) is 5.10 Å². The molecule has 0 aliphatic carbocycles. The fourth-order valence-electron chi connectivity index (χ4n) is 2.88. The summed E-state index contributed by atoms with van der Waals surface area (Å²) in [6.07, 6.45) is 0. The van der Waals surface area contributed by atoms with Crippen molar-refractivity contribution in [2.24, 2.45) is 7.05 Å². The van der Waals surface area contributed by atoms with Crippen molar-refractivity contribution in [1.82, 2.24) is 9.78 Å². The van der Waals surface area contributed by atoms with E-state index < -0.39 is 5.97 Å². The Kier molecular flexibility index (Phi) is 5.61. The molecule has 0 radical (unpaired) electrons. The second kappa shape index (κ2) is 7.23. The summed E-state index contributed by atoms with van der Waals surface area (Å²) in [5, 5.41) is 7.83. The van der Waals surface area contributed by atoms with Gasteiger partial charge in [0.15, 0.2) is 0 Å². The maximum atomic E-state index is 12.9.